The van der Waals surface area contributed by atoms with E-state index in [2.05, 4.69) is 0 Å². The fourth-order valence-electron chi connectivity index (χ4n) is 2.86. The van der Waals surface area contributed by atoms with E-state index in [1.54, 1.807) is 0 Å². The average molecular weight is 399 g/mol. The number of carboxylic acid groups (broad SMARTS) is 1. The van der Waals surface area contributed by atoms with Crippen LogP contribution in [0.25, 0.3) is 5.57 Å². The number of aryl methyl sites for hydroxylation is 1. The molecule has 1 atom stereocenters. The van der Waals surface area contributed by atoms with Gasteiger partial charge in [0.1, 0.15) is 0 Å². The number of hydrogen-bond acceptors (Lipinski definition) is 2. The van der Waals surface area contributed by atoms with E-state index in [9.17, 15) is 9.90 Å². The Morgan fingerprint density at radius 3 is 1.83 bits per heavy atom. The van der Waals surface area contributed by atoms with E-state index in [0.717, 1.165) is 22.3 Å². The maximum atomic E-state index is 11.9. The van der Waals surface area contributed by atoms with Crippen molar-refractivity contribution in [1.82, 2.24) is 0 Å². The Kier molecular flexibility index (Phi) is 11.9. The summed E-state index contributed by atoms with van der Waals surface area (Å²) in [4.78, 5) is 11.9. The van der Waals surface area contributed by atoms with Gasteiger partial charge in [0.05, 0.1) is 5.60 Å². The Morgan fingerprint density at radius 2 is 1.38 bits per heavy atom. The number of hydrogen-bond donors (Lipinski definition) is 1. The summed E-state index contributed by atoms with van der Waals surface area (Å²) in [7, 11) is 0. The highest BCUT2D eigenvalue weighted by Crippen LogP contribution is 2.32. The molecule has 3 nitrogen and oxygen atoms in total. The van der Waals surface area contributed by atoms with E-state index in [4.69, 9.17) is 4.74 Å². The van der Waals surface area contributed by atoms with Crippen molar-refractivity contribution in [3.8, 4) is 0 Å². The number of aliphatic carboxylic acids is 1. The Morgan fingerprint density at radius 1 is 0.897 bits per heavy atom. The second kappa shape index (κ2) is 12.9. The summed E-state index contributed by atoms with van der Waals surface area (Å²) in [5.41, 5.74) is 4.16. The fraction of sp³-hybridized carbons (Fsp3) is 0.423. The van der Waals surface area contributed by atoms with Crippen LogP contribution < -0.4 is 0 Å². The number of benzene rings is 2. The maximum Gasteiger partial charge on any atom is 0.337 e. The third kappa shape index (κ3) is 8.25. The lowest BCUT2D eigenvalue weighted by atomic mass is 9.88. The van der Waals surface area contributed by atoms with Crippen LogP contribution in [0.5, 0.6) is 0 Å². The van der Waals surface area contributed by atoms with Gasteiger partial charge < -0.3 is 9.84 Å². The van der Waals surface area contributed by atoms with Crippen LogP contribution in [-0.2, 0) is 9.53 Å². The van der Waals surface area contributed by atoms with Gasteiger partial charge in [0.25, 0.3) is 0 Å². The highest BCUT2D eigenvalue weighted by Gasteiger charge is 2.29. The van der Waals surface area contributed by atoms with E-state index in [1.807, 2.05) is 117 Å². The minimum Gasteiger partial charge on any atom is -0.479 e. The van der Waals surface area contributed by atoms with Crippen molar-refractivity contribution in [2.45, 2.75) is 74.0 Å². The molecule has 3 heteroatoms. The van der Waals surface area contributed by atoms with Crippen molar-refractivity contribution in [3.05, 3.63) is 76.9 Å². The molecule has 29 heavy (non-hydrogen) atoms. The monoisotopic (exact) mass is 398 g/mol. The van der Waals surface area contributed by atoms with Gasteiger partial charge in [-0.3, -0.25) is 0 Å². The molecule has 2 aromatic carbocycles. The largest absolute Gasteiger partial charge is 0.479 e. The zero-order chi connectivity index (χ0) is 22.6. The van der Waals surface area contributed by atoms with Gasteiger partial charge in [0.15, 0.2) is 6.10 Å². The van der Waals surface area contributed by atoms with Crippen molar-refractivity contribution in [3.63, 3.8) is 0 Å². The quantitative estimate of drug-likeness (QED) is 0.582. The van der Waals surface area contributed by atoms with Crippen LogP contribution in [0.4, 0.5) is 0 Å². The predicted octanol–water partition coefficient (Wildman–Crippen LogP) is 7.14. The molecule has 0 spiro atoms. The van der Waals surface area contributed by atoms with Gasteiger partial charge in [-0.25, -0.2) is 4.79 Å². The molecule has 0 heterocycles. The molecule has 0 aliphatic rings. The molecule has 0 fully saturated rings. The van der Waals surface area contributed by atoms with Crippen LogP contribution in [0.15, 0.2) is 60.2 Å². The van der Waals surface area contributed by atoms with Gasteiger partial charge in [-0.1, -0.05) is 82.3 Å². The Labute approximate surface area is 177 Å². The summed E-state index contributed by atoms with van der Waals surface area (Å²) in [6.07, 6.45) is -1.00. The molecule has 0 bridgehead atoms. The summed E-state index contributed by atoms with van der Waals surface area (Å²) in [6.45, 7) is 17.5. The van der Waals surface area contributed by atoms with Crippen LogP contribution in [0, 0.1) is 6.92 Å². The minimum absolute atomic E-state index is 0.558. The van der Waals surface area contributed by atoms with Crippen molar-refractivity contribution in [1.29, 1.82) is 0 Å². The van der Waals surface area contributed by atoms with Gasteiger partial charge in [0, 0.05) is 0 Å². The van der Waals surface area contributed by atoms with Crippen LogP contribution >= 0.6 is 0 Å². The third-order valence-electron chi connectivity index (χ3n) is 3.96. The molecule has 0 saturated carbocycles. The highest BCUT2D eigenvalue weighted by molar-refractivity contribution is 5.88. The Hall–Kier alpha value is -2.39. The molecule has 0 aromatic heterocycles. The van der Waals surface area contributed by atoms with Crippen molar-refractivity contribution in [2.24, 2.45) is 0 Å². The van der Waals surface area contributed by atoms with Crippen LogP contribution in [0.2, 0.25) is 0 Å². The Bertz CT molecular complexity index is 768. The number of ether oxygens (including phenoxy) is 1. The average Bonchev–Trinajstić information content (AvgIpc) is 2.71. The first-order valence-corrected chi connectivity index (χ1v) is 10.4. The van der Waals surface area contributed by atoms with E-state index < -0.39 is 17.7 Å². The normalized spacial score (nSPS) is 12.4. The lowest BCUT2D eigenvalue weighted by Crippen LogP contribution is -2.34. The fourth-order valence-corrected chi connectivity index (χ4v) is 2.86. The zero-order valence-electron chi connectivity index (χ0n) is 19.5. The molecule has 1 unspecified atom stereocenters. The van der Waals surface area contributed by atoms with E-state index >= 15 is 0 Å². The standard InChI is InChI=1S/C22H26O3.2C2H6/c1-15-11-9-10-14-18(15)19(17-12-7-6-8-13-17)16(2)20(21(23)24)25-22(3,4)5;2*1-2/h6-14,20H,1-5H3,(H,23,24);2*1-2H3/b19-16+;;. The van der Waals surface area contributed by atoms with Crippen LogP contribution in [-0.4, -0.2) is 22.8 Å². The molecular weight excluding hydrogens is 360 g/mol. The van der Waals surface area contributed by atoms with E-state index in [1.165, 1.54) is 0 Å². The molecular formula is C26H38O3. The minimum atomic E-state index is -1.00. The third-order valence-corrected chi connectivity index (χ3v) is 3.96. The Balaban J connectivity index is 0.00000184. The number of carboxylic acids is 1. The lowest BCUT2D eigenvalue weighted by molar-refractivity contribution is -0.155. The number of carbonyl (C=O) groups is 1. The van der Waals surface area contributed by atoms with Crippen LogP contribution in [0.1, 0.15) is 72.1 Å². The van der Waals surface area contributed by atoms with Crippen LogP contribution in [0.3, 0.4) is 0 Å². The SMILES string of the molecule is C/C(=C(/c1ccccc1)c1ccccc1C)C(OC(C)(C)C)C(=O)O.CC.CC. The van der Waals surface area contributed by atoms with Gasteiger partial charge in [0.2, 0.25) is 0 Å². The predicted molar refractivity (Wildman–Crippen MR) is 124 cm³/mol. The van der Waals surface area contributed by atoms with Crippen molar-refractivity contribution < 1.29 is 14.6 Å². The summed E-state index contributed by atoms with van der Waals surface area (Å²) in [6, 6.07) is 17.9. The first kappa shape index (κ1) is 26.6. The molecule has 0 amide bonds. The maximum absolute atomic E-state index is 11.9. The van der Waals surface area contributed by atoms with Crippen molar-refractivity contribution >= 4 is 11.5 Å². The molecule has 0 aliphatic carbocycles. The van der Waals surface area contributed by atoms with Gasteiger partial charge in [-0.2, -0.15) is 0 Å². The number of rotatable bonds is 5. The topological polar surface area (TPSA) is 46.5 Å². The lowest BCUT2D eigenvalue weighted by Gasteiger charge is -2.27. The van der Waals surface area contributed by atoms with Gasteiger partial charge in [-0.15, -0.1) is 0 Å². The smallest absolute Gasteiger partial charge is 0.337 e. The van der Waals surface area contributed by atoms with Gasteiger partial charge in [-0.05, 0) is 62.5 Å². The second-order valence-corrected chi connectivity index (χ2v) is 7.19. The second-order valence-electron chi connectivity index (χ2n) is 7.19. The van der Waals surface area contributed by atoms with E-state index in [-0.39, 0.29) is 0 Å². The molecule has 0 aliphatic heterocycles. The molecule has 1 N–H and O–H groups in total. The zero-order valence-corrected chi connectivity index (χ0v) is 19.5. The molecule has 0 radical (unpaired) electrons. The first-order valence-electron chi connectivity index (χ1n) is 10.4. The van der Waals surface area contributed by atoms with E-state index in [0.29, 0.717) is 5.57 Å². The van der Waals surface area contributed by atoms with Gasteiger partial charge >= 0.3 is 5.97 Å². The first-order chi connectivity index (χ1) is 13.7. The van der Waals surface area contributed by atoms with Crippen molar-refractivity contribution in [2.75, 3.05) is 0 Å². The summed E-state index contributed by atoms with van der Waals surface area (Å²) in [5, 5.41) is 9.76. The highest BCUT2D eigenvalue weighted by atomic mass is 16.5. The summed E-state index contributed by atoms with van der Waals surface area (Å²) in [5.74, 6) is -0.977. The summed E-state index contributed by atoms with van der Waals surface area (Å²) < 4.78 is 5.87. The summed E-state index contributed by atoms with van der Waals surface area (Å²) >= 11 is 0. The molecule has 2 aromatic rings. The molecule has 160 valence electrons. The molecule has 2 rings (SSSR count). The molecule has 0 saturated heterocycles.